The molecule has 1 unspecified atom stereocenters. The molecular formula is C22H31O9P. The molecule has 32 heavy (non-hydrogen) atoms. The number of esters is 3. The smallest absolute Gasteiger partial charge is 0.349 e. The van der Waals surface area contributed by atoms with Crippen molar-refractivity contribution in [3.05, 3.63) is 63.3 Å². The van der Waals surface area contributed by atoms with Crippen LogP contribution in [-0.4, -0.2) is 56.1 Å². The summed E-state index contributed by atoms with van der Waals surface area (Å²) < 4.78 is 39.8. The number of hydrogen-bond donors (Lipinski definition) is 0. The fourth-order valence-electron chi connectivity index (χ4n) is 2.44. The summed E-state index contributed by atoms with van der Waals surface area (Å²) in [7, 11) is -4.46. The van der Waals surface area contributed by atoms with Gasteiger partial charge < -0.3 is 23.3 Å². The largest absolute Gasteiger partial charge is 0.461 e. The molecule has 0 heterocycles. The van der Waals surface area contributed by atoms with Crippen molar-refractivity contribution in [3.8, 4) is 0 Å². The van der Waals surface area contributed by atoms with E-state index in [1.54, 1.807) is 0 Å². The monoisotopic (exact) mass is 470 g/mol. The number of ether oxygens (including phenoxy) is 3. The van der Waals surface area contributed by atoms with Crippen molar-refractivity contribution in [3.63, 3.8) is 0 Å². The normalized spacial score (nSPS) is 12.5. The molecule has 10 heteroatoms. The Balaban J connectivity index is 6.43. The van der Waals surface area contributed by atoms with E-state index in [9.17, 15) is 18.9 Å². The quantitative estimate of drug-likeness (QED) is 0.121. The van der Waals surface area contributed by atoms with Crippen LogP contribution in [0.5, 0.6) is 0 Å². The second kappa shape index (κ2) is 16.0. The van der Waals surface area contributed by atoms with Gasteiger partial charge in [0.05, 0.1) is 19.6 Å². The highest BCUT2D eigenvalue weighted by Gasteiger charge is 2.59. The van der Waals surface area contributed by atoms with Gasteiger partial charge in [0.15, 0.2) is 5.16 Å². The SMILES string of the molecule is C=CCOC(=O)CCC(CC(=O)OCC=C)(C(=O)OCC=C)P(=O)(OCC=C)OCC=C. The zero-order valence-corrected chi connectivity index (χ0v) is 19.1. The lowest BCUT2D eigenvalue weighted by Gasteiger charge is -2.35. The van der Waals surface area contributed by atoms with Crippen LogP contribution in [0.15, 0.2) is 63.3 Å². The number of carbonyl (C=O) groups is 3. The predicted molar refractivity (Wildman–Crippen MR) is 120 cm³/mol. The Hall–Kier alpha value is -2.74. The first kappa shape index (κ1) is 29.3. The molecule has 0 aromatic rings. The molecule has 0 aliphatic carbocycles. The molecule has 0 aromatic carbocycles. The summed E-state index contributed by atoms with van der Waals surface area (Å²) in [5, 5.41) is -2.21. The van der Waals surface area contributed by atoms with Crippen molar-refractivity contribution in [1.82, 2.24) is 0 Å². The van der Waals surface area contributed by atoms with E-state index in [4.69, 9.17) is 23.3 Å². The van der Waals surface area contributed by atoms with E-state index in [1.165, 1.54) is 30.4 Å². The Bertz CT molecular complexity index is 728. The van der Waals surface area contributed by atoms with Crippen LogP contribution in [0.25, 0.3) is 0 Å². The molecule has 0 N–H and O–H groups in total. The van der Waals surface area contributed by atoms with Gasteiger partial charge in [0.25, 0.3) is 0 Å². The van der Waals surface area contributed by atoms with Crippen molar-refractivity contribution in [1.29, 1.82) is 0 Å². The zero-order chi connectivity index (χ0) is 24.5. The molecule has 0 aliphatic heterocycles. The van der Waals surface area contributed by atoms with Gasteiger partial charge in [0.1, 0.15) is 19.8 Å². The van der Waals surface area contributed by atoms with Gasteiger partial charge in [-0.25, -0.2) is 0 Å². The van der Waals surface area contributed by atoms with Crippen molar-refractivity contribution >= 4 is 25.5 Å². The number of carbonyl (C=O) groups excluding carboxylic acids is 3. The van der Waals surface area contributed by atoms with E-state index < -0.39 is 49.9 Å². The van der Waals surface area contributed by atoms with E-state index in [2.05, 4.69) is 32.9 Å². The van der Waals surface area contributed by atoms with Crippen LogP contribution >= 0.6 is 7.60 Å². The number of rotatable bonds is 19. The standard InChI is InChI=1S/C22H31O9P/c1-6-13-27-19(23)11-12-22(21(25)29-15-8-3,18-20(24)28-14-7-2)32(26,30-16-9-4)31-17-10-5/h6-10H,1-5,11-18H2. The van der Waals surface area contributed by atoms with Crippen LogP contribution in [0.4, 0.5) is 0 Å². The van der Waals surface area contributed by atoms with Gasteiger partial charge in [-0.05, 0) is 6.42 Å². The van der Waals surface area contributed by atoms with E-state index in [1.807, 2.05) is 0 Å². The van der Waals surface area contributed by atoms with Crippen LogP contribution < -0.4 is 0 Å². The average molecular weight is 470 g/mol. The lowest BCUT2D eigenvalue weighted by atomic mass is 9.98. The zero-order valence-electron chi connectivity index (χ0n) is 18.2. The molecule has 0 saturated heterocycles. The Morgan fingerprint density at radius 3 is 1.59 bits per heavy atom. The minimum Gasteiger partial charge on any atom is -0.461 e. The van der Waals surface area contributed by atoms with Gasteiger partial charge >= 0.3 is 25.5 Å². The summed E-state index contributed by atoms with van der Waals surface area (Å²) in [5.74, 6) is -2.70. The summed E-state index contributed by atoms with van der Waals surface area (Å²) >= 11 is 0. The van der Waals surface area contributed by atoms with Gasteiger partial charge in [-0.1, -0.05) is 50.1 Å². The summed E-state index contributed by atoms with van der Waals surface area (Å²) in [6.07, 6.45) is 4.95. The fraction of sp³-hybridized carbons (Fsp3) is 0.409. The molecule has 0 saturated carbocycles. The van der Waals surface area contributed by atoms with Gasteiger partial charge in [-0.2, -0.15) is 0 Å². The summed E-state index contributed by atoms with van der Waals surface area (Å²) in [4.78, 5) is 37.8. The molecule has 0 amide bonds. The van der Waals surface area contributed by atoms with Gasteiger partial charge in [0.2, 0.25) is 0 Å². The van der Waals surface area contributed by atoms with Gasteiger partial charge in [-0.3, -0.25) is 18.9 Å². The minimum atomic E-state index is -4.46. The lowest BCUT2D eigenvalue weighted by molar-refractivity contribution is -0.154. The average Bonchev–Trinajstić information content (AvgIpc) is 2.79. The van der Waals surface area contributed by atoms with Gasteiger partial charge in [-0.15, -0.1) is 13.2 Å². The Morgan fingerprint density at radius 2 is 1.12 bits per heavy atom. The molecular weight excluding hydrogens is 439 g/mol. The first-order valence-corrected chi connectivity index (χ1v) is 11.2. The molecule has 0 rings (SSSR count). The highest BCUT2D eigenvalue weighted by Crippen LogP contribution is 2.64. The Morgan fingerprint density at radius 1 is 0.688 bits per heavy atom. The summed E-state index contributed by atoms with van der Waals surface area (Å²) in [6, 6.07) is 0. The third-order valence-electron chi connectivity index (χ3n) is 3.86. The molecule has 0 radical (unpaired) electrons. The van der Waals surface area contributed by atoms with Crippen molar-refractivity contribution < 1.29 is 42.2 Å². The van der Waals surface area contributed by atoms with Crippen molar-refractivity contribution in [2.24, 2.45) is 0 Å². The maximum atomic E-state index is 13.9. The van der Waals surface area contributed by atoms with Crippen LogP contribution in [0, 0.1) is 0 Å². The molecule has 1 atom stereocenters. The summed E-state index contributed by atoms with van der Waals surface area (Å²) in [6.45, 7) is 16.3. The van der Waals surface area contributed by atoms with Crippen LogP contribution in [-0.2, 0) is 42.2 Å². The van der Waals surface area contributed by atoms with Gasteiger partial charge in [0, 0.05) is 6.42 Å². The van der Waals surface area contributed by atoms with Crippen LogP contribution in [0.2, 0.25) is 0 Å². The van der Waals surface area contributed by atoms with E-state index in [0.29, 0.717) is 0 Å². The second-order valence-electron chi connectivity index (χ2n) is 6.21. The van der Waals surface area contributed by atoms with E-state index >= 15 is 0 Å². The molecule has 0 aliphatic rings. The lowest BCUT2D eigenvalue weighted by Crippen LogP contribution is -2.44. The minimum absolute atomic E-state index is 0.0638. The molecule has 0 bridgehead atoms. The maximum Gasteiger partial charge on any atom is 0.349 e. The summed E-state index contributed by atoms with van der Waals surface area (Å²) in [5.41, 5.74) is 0. The molecule has 178 valence electrons. The predicted octanol–water partition coefficient (Wildman–Crippen LogP) is 3.68. The third-order valence-corrected chi connectivity index (χ3v) is 6.46. The first-order chi connectivity index (χ1) is 15.3. The van der Waals surface area contributed by atoms with E-state index in [-0.39, 0.29) is 33.0 Å². The van der Waals surface area contributed by atoms with Crippen LogP contribution in [0.1, 0.15) is 19.3 Å². The molecule has 0 spiro atoms. The highest BCUT2D eigenvalue weighted by molar-refractivity contribution is 7.56. The van der Waals surface area contributed by atoms with Crippen molar-refractivity contribution in [2.45, 2.75) is 24.4 Å². The second-order valence-corrected chi connectivity index (χ2v) is 8.57. The topological polar surface area (TPSA) is 114 Å². The van der Waals surface area contributed by atoms with E-state index in [0.717, 1.165) is 0 Å². The fourth-order valence-corrected chi connectivity index (χ4v) is 4.61. The van der Waals surface area contributed by atoms with Crippen LogP contribution in [0.3, 0.4) is 0 Å². The molecule has 0 aromatic heterocycles. The Kier molecular flexibility index (Phi) is 14.6. The molecule has 9 nitrogen and oxygen atoms in total. The Labute approximate surface area is 188 Å². The number of hydrogen-bond acceptors (Lipinski definition) is 9. The maximum absolute atomic E-state index is 13.9. The third kappa shape index (κ3) is 9.18. The molecule has 0 fully saturated rings. The first-order valence-electron chi connectivity index (χ1n) is 9.69. The highest BCUT2D eigenvalue weighted by atomic mass is 31.2. The van der Waals surface area contributed by atoms with Crippen molar-refractivity contribution in [2.75, 3.05) is 33.0 Å².